The molecule has 2 heteroatoms. The molecule has 0 saturated heterocycles. The van der Waals surface area contributed by atoms with Gasteiger partial charge in [-0.2, -0.15) is 0 Å². The molecule has 0 amide bonds. The van der Waals surface area contributed by atoms with Gasteiger partial charge in [0.05, 0.1) is 5.54 Å². The van der Waals surface area contributed by atoms with Gasteiger partial charge in [0.2, 0.25) is 0 Å². The number of likely N-dealkylation sites (N-methyl/N-ethyl adjacent to an activating group) is 1. The van der Waals surface area contributed by atoms with E-state index in [2.05, 4.69) is 56.1 Å². The summed E-state index contributed by atoms with van der Waals surface area (Å²) in [5, 5.41) is 0. The van der Waals surface area contributed by atoms with Crippen molar-refractivity contribution in [1.29, 1.82) is 0 Å². The number of para-hydroxylation sites is 1. The van der Waals surface area contributed by atoms with Crippen LogP contribution in [0.25, 0.3) is 0 Å². The first-order valence-corrected chi connectivity index (χ1v) is 7.58. The van der Waals surface area contributed by atoms with E-state index >= 15 is 0 Å². The second-order valence-corrected chi connectivity index (χ2v) is 6.42. The maximum absolute atomic E-state index is 6.20. The van der Waals surface area contributed by atoms with Crippen molar-refractivity contribution in [2.24, 2.45) is 17.6 Å². The van der Waals surface area contributed by atoms with Crippen molar-refractivity contribution >= 4 is 5.69 Å². The maximum Gasteiger partial charge on any atom is 0.0523 e. The van der Waals surface area contributed by atoms with Crippen LogP contribution in [0.2, 0.25) is 0 Å². The molecule has 0 spiro atoms. The molecule has 2 N–H and O–H groups in total. The van der Waals surface area contributed by atoms with E-state index in [1.165, 1.54) is 31.4 Å². The lowest BCUT2D eigenvalue weighted by Gasteiger charge is -2.48. The molecule has 2 rings (SSSR count). The smallest absolute Gasteiger partial charge is 0.0523 e. The molecular weight excluding hydrogens is 232 g/mol. The summed E-state index contributed by atoms with van der Waals surface area (Å²) in [5.74, 6) is 1.57. The Morgan fingerprint density at radius 2 is 2.00 bits per heavy atom. The molecule has 1 aromatic rings. The zero-order valence-corrected chi connectivity index (χ0v) is 12.6. The summed E-state index contributed by atoms with van der Waals surface area (Å²) < 4.78 is 0. The van der Waals surface area contributed by atoms with E-state index in [0.717, 1.165) is 18.4 Å². The van der Waals surface area contributed by atoms with Crippen LogP contribution in [0, 0.1) is 11.8 Å². The van der Waals surface area contributed by atoms with Gasteiger partial charge < -0.3 is 10.6 Å². The lowest BCUT2D eigenvalue weighted by Crippen LogP contribution is -2.55. The van der Waals surface area contributed by atoms with E-state index in [1.54, 1.807) is 0 Å². The quantitative estimate of drug-likeness (QED) is 0.895. The first-order chi connectivity index (χ1) is 9.09. The molecule has 0 radical (unpaired) electrons. The number of benzene rings is 1. The molecule has 1 saturated carbocycles. The standard InChI is InChI=1S/C17H28N2/c1-14(2)15-8-7-11-17(12-15,13-18)19(3)16-9-5-4-6-10-16/h4-6,9-10,14-15H,7-8,11-13,18H2,1-3H3. The minimum atomic E-state index is 0.147. The Bertz CT molecular complexity index is 388. The fraction of sp³-hybridized carbons (Fsp3) is 0.647. The van der Waals surface area contributed by atoms with Crippen molar-refractivity contribution < 1.29 is 0 Å². The van der Waals surface area contributed by atoms with Crippen LogP contribution < -0.4 is 10.6 Å². The molecule has 0 aromatic heterocycles. The number of hydrogen-bond acceptors (Lipinski definition) is 2. The van der Waals surface area contributed by atoms with Gasteiger partial charge in [0.15, 0.2) is 0 Å². The molecule has 2 unspecified atom stereocenters. The normalized spacial score (nSPS) is 27.5. The monoisotopic (exact) mass is 260 g/mol. The summed E-state index contributed by atoms with van der Waals surface area (Å²) in [4.78, 5) is 2.43. The van der Waals surface area contributed by atoms with Crippen LogP contribution in [0.15, 0.2) is 30.3 Å². The molecule has 1 aromatic carbocycles. The molecule has 106 valence electrons. The maximum atomic E-state index is 6.20. The summed E-state index contributed by atoms with van der Waals surface area (Å²) in [6.45, 7) is 5.45. The Kier molecular flexibility index (Phi) is 4.51. The van der Waals surface area contributed by atoms with Crippen LogP contribution in [0.5, 0.6) is 0 Å². The van der Waals surface area contributed by atoms with Crippen molar-refractivity contribution in [2.45, 2.75) is 45.1 Å². The predicted octanol–water partition coefficient (Wildman–Crippen LogP) is 3.67. The molecule has 0 bridgehead atoms. The first-order valence-electron chi connectivity index (χ1n) is 7.58. The van der Waals surface area contributed by atoms with Gasteiger partial charge in [-0.05, 0) is 36.8 Å². The van der Waals surface area contributed by atoms with Crippen LogP contribution in [0.4, 0.5) is 5.69 Å². The Morgan fingerprint density at radius 1 is 1.32 bits per heavy atom. The molecule has 1 aliphatic carbocycles. The summed E-state index contributed by atoms with van der Waals surface area (Å²) in [7, 11) is 2.21. The van der Waals surface area contributed by atoms with Gasteiger partial charge in [-0.25, -0.2) is 0 Å². The number of nitrogens with two attached hydrogens (primary N) is 1. The third-order valence-electron chi connectivity index (χ3n) is 5.04. The summed E-state index contributed by atoms with van der Waals surface area (Å²) in [6, 6.07) is 10.7. The average Bonchev–Trinajstić information content (AvgIpc) is 2.47. The largest absolute Gasteiger partial charge is 0.368 e. The molecule has 19 heavy (non-hydrogen) atoms. The van der Waals surface area contributed by atoms with Crippen molar-refractivity contribution in [2.75, 3.05) is 18.5 Å². The van der Waals surface area contributed by atoms with Crippen molar-refractivity contribution in [3.8, 4) is 0 Å². The van der Waals surface area contributed by atoms with Gasteiger partial charge in [0, 0.05) is 19.3 Å². The van der Waals surface area contributed by atoms with E-state index in [0.29, 0.717) is 0 Å². The molecule has 1 fully saturated rings. The van der Waals surface area contributed by atoms with Crippen molar-refractivity contribution in [3.63, 3.8) is 0 Å². The lowest BCUT2D eigenvalue weighted by atomic mass is 9.71. The summed E-state index contributed by atoms with van der Waals surface area (Å²) in [6.07, 6.45) is 5.12. The van der Waals surface area contributed by atoms with Crippen LogP contribution in [-0.2, 0) is 0 Å². The fourth-order valence-electron chi connectivity index (χ4n) is 3.51. The highest BCUT2D eigenvalue weighted by molar-refractivity contribution is 5.48. The zero-order chi connectivity index (χ0) is 13.9. The van der Waals surface area contributed by atoms with E-state index in [-0.39, 0.29) is 5.54 Å². The fourth-order valence-corrected chi connectivity index (χ4v) is 3.51. The Morgan fingerprint density at radius 3 is 2.58 bits per heavy atom. The van der Waals surface area contributed by atoms with Crippen LogP contribution in [0.3, 0.4) is 0 Å². The molecule has 0 aliphatic heterocycles. The van der Waals surface area contributed by atoms with E-state index in [1.807, 2.05) is 0 Å². The van der Waals surface area contributed by atoms with Gasteiger partial charge in [-0.15, -0.1) is 0 Å². The zero-order valence-electron chi connectivity index (χ0n) is 12.6. The summed E-state index contributed by atoms with van der Waals surface area (Å²) in [5.41, 5.74) is 7.63. The van der Waals surface area contributed by atoms with E-state index in [9.17, 15) is 0 Å². The minimum Gasteiger partial charge on any atom is -0.368 e. The minimum absolute atomic E-state index is 0.147. The predicted molar refractivity (Wildman–Crippen MR) is 83.4 cm³/mol. The average molecular weight is 260 g/mol. The third-order valence-corrected chi connectivity index (χ3v) is 5.04. The number of nitrogens with zero attached hydrogens (tertiary/aromatic N) is 1. The summed E-state index contributed by atoms with van der Waals surface area (Å²) >= 11 is 0. The van der Waals surface area contributed by atoms with Gasteiger partial charge in [0.25, 0.3) is 0 Å². The van der Waals surface area contributed by atoms with Crippen molar-refractivity contribution in [1.82, 2.24) is 0 Å². The number of anilines is 1. The van der Waals surface area contributed by atoms with Crippen LogP contribution in [0.1, 0.15) is 39.5 Å². The Labute approximate surface area is 118 Å². The van der Waals surface area contributed by atoms with E-state index in [4.69, 9.17) is 5.73 Å². The van der Waals surface area contributed by atoms with Crippen molar-refractivity contribution in [3.05, 3.63) is 30.3 Å². The highest BCUT2D eigenvalue weighted by atomic mass is 15.2. The molecule has 2 nitrogen and oxygen atoms in total. The SMILES string of the molecule is CC(C)C1CCCC(CN)(N(C)c2ccccc2)C1. The second-order valence-electron chi connectivity index (χ2n) is 6.42. The highest BCUT2D eigenvalue weighted by Gasteiger charge is 2.39. The molecule has 0 heterocycles. The Hall–Kier alpha value is -1.02. The highest BCUT2D eigenvalue weighted by Crippen LogP contribution is 2.40. The van der Waals surface area contributed by atoms with Crippen LogP contribution >= 0.6 is 0 Å². The molecule has 2 atom stereocenters. The van der Waals surface area contributed by atoms with E-state index < -0.39 is 0 Å². The third kappa shape index (κ3) is 2.94. The van der Waals surface area contributed by atoms with Gasteiger partial charge in [-0.3, -0.25) is 0 Å². The second kappa shape index (κ2) is 5.96. The topological polar surface area (TPSA) is 29.3 Å². The first kappa shape index (κ1) is 14.4. The van der Waals surface area contributed by atoms with Crippen LogP contribution in [-0.4, -0.2) is 19.1 Å². The van der Waals surface area contributed by atoms with Gasteiger partial charge >= 0.3 is 0 Å². The van der Waals surface area contributed by atoms with Gasteiger partial charge in [-0.1, -0.05) is 44.9 Å². The molecular formula is C17H28N2. The van der Waals surface area contributed by atoms with Gasteiger partial charge in [0.1, 0.15) is 0 Å². The Balaban J connectivity index is 2.22. The number of rotatable bonds is 4. The number of hydrogen-bond donors (Lipinski definition) is 1. The lowest BCUT2D eigenvalue weighted by molar-refractivity contribution is 0.183. The molecule has 1 aliphatic rings.